The number of rotatable bonds is 7. The number of benzene rings is 2. The Morgan fingerprint density at radius 1 is 1.07 bits per heavy atom. The number of amides is 1. The van der Waals surface area contributed by atoms with Crippen LogP contribution in [0.25, 0.3) is 5.76 Å². The van der Waals surface area contributed by atoms with Gasteiger partial charge >= 0.3 is 0 Å². The lowest BCUT2D eigenvalue weighted by molar-refractivity contribution is -0.140. The molecule has 1 saturated heterocycles. The number of ketones is 1. The molecule has 0 bridgehead atoms. The lowest BCUT2D eigenvalue weighted by Gasteiger charge is -2.28. The Morgan fingerprint density at radius 3 is 2.30 bits per heavy atom. The molecule has 158 valence electrons. The van der Waals surface area contributed by atoms with Crippen molar-refractivity contribution >= 4 is 17.4 Å². The largest absolute Gasteiger partial charge is 0.507 e. The lowest BCUT2D eigenvalue weighted by atomic mass is 9.94. The van der Waals surface area contributed by atoms with Gasteiger partial charge in [-0.25, -0.2) is 4.39 Å². The van der Waals surface area contributed by atoms with E-state index in [-0.39, 0.29) is 23.4 Å². The van der Waals surface area contributed by atoms with E-state index in [0.29, 0.717) is 12.1 Å². The molecule has 1 N–H and O–H groups in total. The summed E-state index contributed by atoms with van der Waals surface area (Å²) in [7, 11) is 0. The molecule has 1 atom stereocenters. The number of aryl methyl sites for hydroxylation is 1. The molecule has 5 nitrogen and oxygen atoms in total. The summed E-state index contributed by atoms with van der Waals surface area (Å²) < 4.78 is 14.7. The van der Waals surface area contributed by atoms with Gasteiger partial charge in [-0.05, 0) is 26.1 Å². The zero-order chi connectivity index (χ0) is 21.8. The molecule has 1 amide bonds. The number of hydrogen-bond acceptors (Lipinski definition) is 4. The molecule has 1 aliphatic rings. The summed E-state index contributed by atoms with van der Waals surface area (Å²) in [4.78, 5) is 29.3. The topological polar surface area (TPSA) is 60.9 Å². The highest BCUT2D eigenvalue weighted by Gasteiger charge is 2.46. The van der Waals surface area contributed by atoms with Crippen LogP contribution >= 0.6 is 0 Å². The molecular weight excluding hydrogens is 383 g/mol. The summed E-state index contributed by atoms with van der Waals surface area (Å²) in [5.74, 6) is -2.32. The smallest absolute Gasteiger partial charge is 0.295 e. The SMILES string of the molecule is CCN(CC)CCN1C(=O)C(=O)/C(=C(/O)c2ccc(C)cc2)C1c1ccccc1F. The second-order valence-corrected chi connectivity index (χ2v) is 7.41. The third-order valence-corrected chi connectivity index (χ3v) is 5.62. The van der Waals surface area contributed by atoms with Gasteiger partial charge in [0.2, 0.25) is 0 Å². The Morgan fingerprint density at radius 2 is 1.70 bits per heavy atom. The van der Waals surface area contributed by atoms with E-state index in [1.165, 1.54) is 11.0 Å². The van der Waals surface area contributed by atoms with Crippen molar-refractivity contribution in [3.05, 3.63) is 76.6 Å². The molecule has 2 aromatic rings. The monoisotopic (exact) mass is 410 g/mol. The number of hydrogen-bond donors (Lipinski definition) is 1. The average Bonchev–Trinajstić information content (AvgIpc) is 2.99. The summed E-state index contributed by atoms with van der Waals surface area (Å²) in [6.45, 7) is 8.36. The first-order valence-electron chi connectivity index (χ1n) is 10.2. The second kappa shape index (κ2) is 9.22. The van der Waals surface area contributed by atoms with Gasteiger partial charge in [0.1, 0.15) is 11.6 Å². The average molecular weight is 410 g/mol. The van der Waals surface area contributed by atoms with Crippen LogP contribution in [0.5, 0.6) is 0 Å². The van der Waals surface area contributed by atoms with Gasteiger partial charge in [0.05, 0.1) is 11.6 Å². The van der Waals surface area contributed by atoms with Gasteiger partial charge in [0, 0.05) is 24.2 Å². The minimum absolute atomic E-state index is 0.0755. The maximum Gasteiger partial charge on any atom is 0.295 e. The summed E-state index contributed by atoms with van der Waals surface area (Å²) in [6.07, 6.45) is 0. The fourth-order valence-corrected chi connectivity index (χ4v) is 3.79. The van der Waals surface area contributed by atoms with Gasteiger partial charge in [-0.1, -0.05) is 61.9 Å². The van der Waals surface area contributed by atoms with Crippen LogP contribution in [-0.4, -0.2) is 52.8 Å². The lowest BCUT2D eigenvalue weighted by Crippen LogP contribution is -2.38. The van der Waals surface area contributed by atoms with Crippen LogP contribution in [0.3, 0.4) is 0 Å². The minimum atomic E-state index is -0.969. The number of aliphatic hydroxyl groups is 1. The molecule has 6 heteroatoms. The molecule has 0 spiro atoms. The molecule has 3 rings (SSSR count). The summed E-state index contributed by atoms with van der Waals surface area (Å²) in [5.41, 5.74) is 1.54. The van der Waals surface area contributed by atoms with Crippen molar-refractivity contribution in [1.29, 1.82) is 0 Å². The Labute approximate surface area is 176 Å². The number of aliphatic hydroxyl groups excluding tert-OH is 1. The van der Waals surface area contributed by atoms with E-state index in [4.69, 9.17) is 0 Å². The van der Waals surface area contributed by atoms with Crippen LogP contribution in [0, 0.1) is 12.7 Å². The van der Waals surface area contributed by atoms with E-state index in [2.05, 4.69) is 4.90 Å². The van der Waals surface area contributed by atoms with Crippen LogP contribution < -0.4 is 0 Å². The van der Waals surface area contributed by atoms with E-state index in [1.54, 1.807) is 30.3 Å². The van der Waals surface area contributed by atoms with Crippen LogP contribution in [0.2, 0.25) is 0 Å². The van der Waals surface area contributed by atoms with Crippen molar-refractivity contribution in [1.82, 2.24) is 9.80 Å². The Kier molecular flexibility index (Phi) is 6.67. The van der Waals surface area contributed by atoms with Gasteiger partial charge in [0.25, 0.3) is 11.7 Å². The maximum atomic E-state index is 14.7. The molecule has 1 heterocycles. The number of Topliss-reactive ketones (excluding diaryl/α,β-unsaturated/α-hetero) is 1. The third-order valence-electron chi connectivity index (χ3n) is 5.62. The second-order valence-electron chi connectivity index (χ2n) is 7.41. The van der Waals surface area contributed by atoms with Crippen molar-refractivity contribution < 1.29 is 19.1 Å². The fraction of sp³-hybridized carbons (Fsp3) is 0.333. The normalized spacial score (nSPS) is 18.4. The van der Waals surface area contributed by atoms with Gasteiger partial charge in [-0.15, -0.1) is 0 Å². The Bertz CT molecular complexity index is 965. The molecule has 1 aliphatic heterocycles. The van der Waals surface area contributed by atoms with Crippen molar-refractivity contribution in [3.63, 3.8) is 0 Å². The van der Waals surface area contributed by atoms with Gasteiger partial charge in [-0.2, -0.15) is 0 Å². The van der Waals surface area contributed by atoms with Crippen molar-refractivity contribution in [3.8, 4) is 0 Å². The number of likely N-dealkylation sites (tertiary alicyclic amines) is 1. The summed E-state index contributed by atoms with van der Waals surface area (Å²) >= 11 is 0. The quantitative estimate of drug-likeness (QED) is 0.427. The van der Waals surface area contributed by atoms with Crippen LogP contribution in [0.4, 0.5) is 4.39 Å². The minimum Gasteiger partial charge on any atom is -0.507 e. The van der Waals surface area contributed by atoms with Gasteiger partial charge in [0.15, 0.2) is 0 Å². The molecule has 0 aromatic heterocycles. The first-order valence-corrected chi connectivity index (χ1v) is 10.2. The van der Waals surface area contributed by atoms with E-state index in [0.717, 1.165) is 18.7 Å². The number of nitrogens with zero attached hydrogens (tertiary/aromatic N) is 2. The third kappa shape index (κ3) is 4.14. The highest BCUT2D eigenvalue weighted by Crippen LogP contribution is 2.40. The van der Waals surface area contributed by atoms with Crippen molar-refractivity contribution in [2.75, 3.05) is 26.2 Å². The Balaban J connectivity index is 2.11. The van der Waals surface area contributed by atoms with Crippen LogP contribution in [0.15, 0.2) is 54.1 Å². The van der Waals surface area contributed by atoms with Gasteiger partial charge in [-0.3, -0.25) is 9.59 Å². The van der Waals surface area contributed by atoms with E-state index in [1.807, 2.05) is 32.9 Å². The molecule has 0 saturated carbocycles. The molecule has 2 aromatic carbocycles. The number of likely N-dealkylation sites (N-methyl/N-ethyl adjacent to an activating group) is 1. The zero-order valence-corrected chi connectivity index (χ0v) is 17.6. The van der Waals surface area contributed by atoms with Crippen LogP contribution in [0.1, 0.15) is 36.6 Å². The van der Waals surface area contributed by atoms with E-state index < -0.39 is 23.5 Å². The van der Waals surface area contributed by atoms with Crippen LogP contribution in [-0.2, 0) is 9.59 Å². The predicted molar refractivity (Wildman–Crippen MR) is 114 cm³/mol. The highest BCUT2D eigenvalue weighted by molar-refractivity contribution is 6.46. The van der Waals surface area contributed by atoms with Gasteiger partial charge < -0.3 is 14.9 Å². The zero-order valence-electron chi connectivity index (χ0n) is 17.6. The standard InChI is InChI=1S/C24H27FN2O3/c1-4-26(5-2)14-15-27-21(18-8-6-7-9-19(18)25)20(23(29)24(27)30)22(28)17-12-10-16(3)11-13-17/h6-13,21,28H,4-5,14-15H2,1-3H3/b22-20+. The predicted octanol–water partition coefficient (Wildman–Crippen LogP) is 3.90. The first-order chi connectivity index (χ1) is 14.4. The van der Waals surface area contributed by atoms with E-state index in [9.17, 15) is 19.1 Å². The van der Waals surface area contributed by atoms with Crippen molar-refractivity contribution in [2.45, 2.75) is 26.8 Å². The first kappa shape index (κ1) is 21.7. The number of halogens is 1. The number of carbonyl (C=O) groups excluding carboxylic acids is 2. The molecule has 30 heavy (non-hydrogen) atoms. The Hall–Kier alpha value is -2.99. The molecule has 1 unspecified atom stereocenters. The summed E-state index contributed by atoms with van der Waals surface area (Å²) in [5, 5.41) is 11.0. The molecular formula is C24H27FN2O3. The summed E-state index contributed by atoms with van der Waals surface area (Å²) in [6, 6.07) is 12.1. The maximum absolute atomic E-state index is 14.7. The molecule has 0 aliphatic carbocycles. The molecule has 0 radical (unpaired) electrons. The van der Waals surface area contributed by atoms with Crippen molar-refractivity contribution in [2.24, 2.45) is 0 Å². The molecule has 1 fully saturated rings. The van der Waals surface area contributed by atoms with E-state index >= 15 is 0 Å². The fourth-order valence-electron chi connectivity index (χ4n) is 3.79. The highest BCUT2D eigenvalue weighted by atomic mass is 19.1. The number of carbonyl (C=O) groups is 2.